The zero-order valence-electron chi connectivity index (χ0n) is 11.1. The van der Waals surface area contributed by atoms with Crippen LogP contribution in [0.2, 0.25) is 0 Å². The van der Waals surface area contributed by atoms with Crippen LogP contribution in [0.4, 0.5) is 5.69 Å². The van der Waals surface area contributed by atoms with E-state index >= 15 is 0 Å². The van der Waals surface area contributed by atoms with Crippen LogP contribution in [0.15, 0.2) is 48.5 Å². The van der Waals surface area contributed by atoms with Crippen LogP contribution in [0, 0.1) is 0 Å². The van der Waals surface area contributed by atoms with E-state index in [1.807, 2.05) is 18.2 Å². The van der Waals surface area contributed by atoms with Crippen molar-refractivity contribution in [2.24, 2.45) is 0 Å². The maximum absolute atomic E-state index is 12.1. The van der Waals surface area contributed by atoms with Crippen LogP contribution in [-0.2, 0) is 17.6 Å². The van der Waals surface area contributed by atoms with Crippen LogP contribution in [0.5, 0.6) is 0 Å². The van der Waals surface area contributed by atoms with Gasteiger partial charge in [0.15, 0.2) is 0 Å². The van der Waals surface area contributed by atoms with Gasteiger partial charge in [-0.1, -0.05) is 42.5 Å². The largest absolute Gasteiger partial charge is 0.319 e. The molecule has 0 heterocycles. The summed E-state index contributed by atoms with van der Waals surface area (Å²) in [6.45, 7) is 0. The summed E-state index contributed by atoms with van der Waals surface area (Å²) in [5, 5.41) is 2.75. The van der Waals surface area contributed by atoms with Gasteiger partial charge in [-0.05, 0) is 36.5 Å². The summed E-state index contributed by atoms with van der Waals surface area (Å²) < 4.78 is 0. The molecule has 0 atom stereocenters. The van der Waals surface area contributed by atoms with Crippen molar-refractivity contribution >= 4 is 17.4 Å². The number of Topliss-reactive ketones (excluding diaryl/α,β-unsaturated/α-hetero) is 1. The van der Waals surface area contributed by atoms with Crippen molar-refractivity contribution in [3.63, 3.8) is 0 Å². The maximum Gasteiger partial charge on any atom is 0.296 e. The van der Waals surface area contributed by atoms with Crippen LogP contribution in [0.1, 0.15) is 27.9 Å². The molecular formula is C17H15NO2. The lowest BCUT2D eigenvalue weighted by Crippen LogP contribution is -2.23. The number of hydrogen-bond donors (Lipinski definition) is 1. The number of benzene rings is 2. The molecule has 0 unspecified atom stereocenters. The Bertz CT molecular complexity index is 662. The van der Waals surface area contributed by atoms with Gasteiger partial charge in [0.2, 0.25) is 0 Å². The van der Waals surface area contributed by atoms with Crippen LogP contribution in [0.3, 0.4) is 0 Å². The molecule has 100 valence electrons. The van der Waals surface area contributed by atoms with E-state index in [4.69, 9.17) is 0 Å². The standard InChI is InChI=1S/C17H15NO2/c19-16(13-6-2-1-3-7-13)17(20)18-15-11-5-9-12-8-4-10-14(12)15/h1-3,5-7,9,11H,4,8,10H2,(H,18,20). The number of rotatable bonds is 3. The predicted octanol–water partition coefficient (Wildman–Crippen LogP) is 3.00. The van der Waals surface area contributed by atoms with E-state index < -0.39 is 11.7 Å². The molecule has 1 aliphatic rings. The minimum Gasteiger partial charge on any atom is -0.319 e. The average molecular weight is 265 g/mol. The second kappa shape index (κ2) is 5.29. The smallest absolute Gasteiger partial charge is 0.296 e. The van der Waals surface area contributed by atoms with E-state index in [1.165, 1.54) is 11.1 Å². The minimum absolute atomic E-state index is 0.414. The SMILES string of the molecule is O=C(Nc1cccc2c1CCC2)C(=O)c1ccccc1. The van der Waals surface area contributed by atoms with E-state index in [2.05, 4.69) is 11.4 Å². The van der Waals surface area contributed by atoms with E-state index in [9.17, 15) is 9.59 Å². The molecule has 2 aromatic carbocycles. The summed E-state index contributed by atoms with van der Waals surface area (Å²) in [5.41, 5.74) is 3.63. The fourth-order valence-corrected chi connectivity index (χ4v) is 2.64. The predicted molar refractivity (Wildman–Crippen MR) is 77.9 cm³/mol. The Morgan fingerprint density at radius 1 is 0.900 bits per heavy atom. The van der Waals surface area contributed by atoms with Gasteiger partial charge in [-0.15, -0.1) is 0 Å². The van der Waals surface area contributed by atoms with Crippen molar-refractivity contribution in [2.75, 3.05) is 5.32 Å². The molecule has 0 aliphatic heterocycles. The lowest BCUT2D eigenvalue weighted by Gasteiger charge is -2.09. The molecule has 1 aliphatic carbocycles. The van der Waals surface area contributed by atoms with E-state index in [0.717, 1.165) is 24.9 Å². The minimum atomic E-state index is -0.573. The van der Waals surface area contributed by atoms with Gasteiger partial charge in [0.25, 0.3) is 11.7 Å². The van der Waals surface area contributed by atoms with Gasteiger partial charge in [0.05, 0.1) is 0 Å². The topological polar surface area (TPSA) is 46.2 Å². The van der Waals surface area contributed by atoms with Crippen molar-refractivity contribution < 1.29 is 9.59 Å². The normalized spacial score (nSPS) is 12.8. The van der Waals surface area contributed by atoms with Crippen molar-refractivity contribution in [3.05, 3.63) is 65.2 Å². The fraction of sp³-hybridized carbons (Fsp3) is 0.176. The van der Waals surface area contributed by atoms with Crippen molar-refractivity contribution in [2.45, 2.75) is 19.3 Å². The average Bonchev–Trinajstić information content (AvgIpc) is 2.97. The van der Waals surface area contributed by atoms with Gasteiger partial charge in [0, 0.05) is 11.3 Å². The lowest BCUT2D eigenvalue weighted by molar-refractivity contribution is -0.112. The number of ketones is 1. The summed E-state index contributed by atoms with van der Waals surface area (Å²) in [6, 6.07) is 14.5. The Labute approximate surface area is 117 Å². The quantitative estimate of drug-likeness (QED) is 0.685. The zero-order valence-corrected chi connectivity index (χ0v) is 11.1. The molecule has 3 nitrogen and oxygen atoms in total. The summed E-state index contributed by atoms with van der Waals surface area (Å²) in [5.74, 6) is -1.07. The lowest BCUT2D eigenvalue weighted by atomic mass is 10.1. The number of hydrogen-bond acceptors (Lipinski definition) is 2. The monoisotopic (exact) mass is 265 g/mol. The summed E-state index contributed by atoms with van der Waals surface area (Å²) in [6.07, 6.45) is 3.12. The highest BCUT2D eigenvalue weighted by Crippen LogP contribution is 2.28. The molecule has 3 rings (SSSR count). The van der Waals surface area contributed by atoms with Crippen molar-refractivity contribution in [1.82, 2.24) is 0 Å². The number of nitrogens with one attached hydrogen (secondary N) is 1. The third-order valence-corrected chi connectivity index (χ3v) is 3.64. The molecule has 0 radical (unpaired) electrons. The van der Waals surface area contributed by atoms with Crippen LogP contribution >= 0.6 is 0 Å². The number of aryl methyl sites for hydroxylation is 1. The Morgan fingerprint density at radius 3 is 2.50 bits per heavy atom. The molecule has 0 spiro atoms. The van der Waals surface area contributed by atoms with Crippen LogP contribution in [-0.4, -0.2) is 11.7 Å². The number of amides is 1. The Balaban J connectivity index is 1.80. The molecule has 3 heteroatoms. The van der Waals surface area contributed by atoms with Gasteiger partial charge in [-0.3, -0.25) is 9.59 Å². The molecule has 1 amide bonds. The molecule has 0 aromatic heterocycles. The molecule has 0 saturated heterocycles. The first-order valence-corrected chi connectivity index (χ1v) is 6.77. The second-order valence-corrected chi connectivity index (χ2v) is 4.95. The molecule has 0 fully saturated rings. The van der Waals surface area contributed by atoms with Crippen molar-refractivity contribution in [3.8, 4) is 0 Å². The number of fused-ring (bicyclic) bond motifs is 1. The molecule has 0 saturated carbocycles. The fourth-order valence-electron chi connectivity index (χ4n) is 2.64. The molecule has 0 bridgehead atoms. The Morgan fingerprint density at radius 2 is 1.70 bits per heavy atom. The van der Waals surface area contributed by atoms with E-state index in [1.54, 1.807) is 24.3 Å². The molecule has 2 aromatic rings. The molecule has 1 N–H and O–H groups in total. The summed E-state index contributed by atoms with van der Waals surface area (Å²) in [4.78, 5) is 24.1. The van der Waals surface area contributed by atoms with E-state index in [-0.39, 0.29) is 0 Å². The highest BCUT2D eigenvalue weighted by Gasteiger charge is 2.19. The summed E-state index contributed by atoms with van der Waals surface area (Å²) in [7, 11) is 0. The third kappa shape index (κ3) is 2.35. The maximum atomic E-state index is 12.1. The van der Waals surface area contributed by atoms with Gasteiger partial charge in [0.1, 0.15) is 0 Å². The molecule has 20 heavy (non-hydrogen) atoms. The Kier molecular flexibility index (Phi) is 3.33. The van der Waals surface area contributed by atoms with Gasteiger partial charge < -0.3 is 5.32 Å². The molecular weight excluding hydrogens is 250 g/mol. The van der Waals surface area contributed by atoms with Crippen LogP contribution < -0.4 is 5.32 Å². The first-order chi connectivity index (χ1) is 9.75. The van der Waals surface area contributed by atoms with Gasteiger partial charge in [-0.2, -0.15) is 0 Å². The van der Waals surface area contributed by atoms with Crippen molar-refractivity contribution in [1.29, 1.82) is 0 Å². The van der Waals surface area contributed by atoms with Gasteiger partial charge >= 0.3 is 0 Å². The number of carbonyl (C=O) groups is 2. The second-order valence-electron chi connectivity index (χ2n) is 4.95. The zero-order chi connectivity index (χ0) is 13.9. The van der Waals surface area contributed by atoms with E-state index in [0.29, 0.717) is 5.56 Å². The number of anilines is 1. The highest BCUT2D eigenvalue weighted by atomic mass is 16.2. The first-order valence-electron chi connectivity index (χ1n) is 6.77. The van der Waals surface area contributed by atoms with Crippen LogP contribution in [0.25, 0.3) is 0 Å². The Hall–Kier alpha value is -2.42. The summed E-state index contributed by atoms with van der Waals surface area (Å²) >= 11 is 0. The highest BCUT2D eigenvalue weighted by molar-refractivity contribution is 6.46. The third-order valence-electron chi connectivity index (χ3n) is 3.64. The first kappa shape index (κ1) is 12.6. The van der Waals surface area contributed by atoms with Gasteiger partial charge in [-0.25, -0.2) is 0 Å². The number of carbonyl (C=O) groups excluding carboxylic acids is 2.